The van der Waals surface area contributed by atoms with E-state index in [0.717, 1.165) is 26.2 Å². The zero-order chi connectivity index (χ0) is 10.4. The third-order valence-electron chi connectivity index (χ3n) is 2.94. The lowest BCUT2D eigenvalue weighted by Gasteiger charge is -2.29. The molecular formula is C11H24N2O. The van der Waals surface area contributed by atoms with E-state index in [2.05, 4.69) is 24.1 Å². The zero-order valence-electron chi connectivity index (χ0n) is 9.50. The fourth-order valence-electron chi connectivity index (χ4n) is 2.05. The average Bonchev–Trinajstić information content (AvgIpc) is 2.36. The van der Waals surface area contributed by atoms with Gasteiger partial charge in [0.2, 0.25) is 0 Å². The third kappa shape index (κ3) is 3.56. The highest BCUT2D eigenvalue weighted by Gasteiger charge is 2.22. The van der Waals surface area contributed by atoms with Gasteiger partial charge in [0.15, 0.2) is 0 Å². The summed E-state index contributed by atoms with van der Waals surface area (Å²) in [6.07, 6.45) is 2.47. The second-order valence-electron chi connectivity index (χ2n) is 4.45. The molecule has 0 aromatic rings. The predicted molar refractivity (Wildman–Crippen MR) is 59.4 cm³/mol. The summed E-state index contributed by atoms with van der Waals surface area (Å²) in [5, 5.41) is 12.7. The fraction of sp³-hybridized carbons (Fsp3) is 1.00. The number of unbranched alkanes of at least 4 members (excludes halogenated alkanes) is 1. The number of aliphatic hydroxyl groups is 1. The normalized spacial score (nSPS) is 30.2. The molecule has 0 spiro atoms. The van der Waals surface area contributed by atoms with Gasteiger partial charge in [0.25, 0.3) is 0 Å². The van der Waals surface area contributed by atoms with E-state index in [1.165, 1.54) is 12.8 Å². The first-order valence-electron chi connectivity index (χ1n) is 5.83. The van der Waals surface area contributed by atoms with Crippen molar-refractivity contribution in [2.75, 3.05) is 32.8 Å². The molecule has 3 nitrogen and oxygen atoms in total. The summed E-state index contributed by atoms with van der Waals surface area (Å²) in [7, 11) is 0. The molecule has 0 aromatic heterocycles. The van der Waals surface area contributed by atoms with Crippen LogP contribution in [0.15, 0.2) is 0 Å². The van der Waals surface area contributed by atoms with Crippen LogP contribution in [0, 0.1) is 5.92 Å². The van der Waals surface area contributed by atoms with E-state index in [1.807, 2.05) is 0 Å². The van der Waals surface area contributed by atoms with Crippen molar-refractivity contribution in [2.45, 2.75) is 32.7 Å². The molecule has 0 saturated carbocycles. The molecule has 1 aliphatic rings. The van der Waals surface area contributed by atoms with Crippen LogP contribution in [-0.2, 0) is 0 Å². The zero-order valence-corrected chi connectivity index (χ0v) is 9.50. The maximum absolute atomic E-state index is 9.29. The molecule has 14 heavy (non-hydrogen) atoms. The highest BCUT2D eigenvalue weighted by Crippen LogP contribution is 2.09. The number of nitrogens with zero attached hydrogens (tertiary/aromatic N) is 1. The Morgan fingerprint density at radius 2 is 2.21 bits per heavy atom. The quantitative estimate of drug-likeness (QED) is 0.701. The van der Waals surface area contributed by atoms with Gasteiger partial charge in [0.1, 0.15) is 0 Å². The first-order valence-corrected chi connectivity index (χ1v) is 5.83. The van der Waals surface area contributed by atoms with E-state index in [9.17, 15) is 5.11 Å². The van der Waals surface area contributed by atoms with Gasteiger partial charge in [-0.05, 0) is 25.4 Å². The van der Waals surface area contributed by atoms with E-state index in [0.29, 0.717) is 12.0 Å². The Bertz CT molecular complexity index is 152. The summed E-state index contributed by atoms with van der Waals surface area (Å²) in [6, 6.07) is 0.325. The van der Waals surface area contributed by atoms with Gasteiger partial charge in [-0.25, -0.2) is 0 Å². The molecule has 84 valence electrons. The molecule has 0 bridgehead atoms. The van der Waals surface area contributed by atoms with Gasteiger partial charge in [-0.1, -0.05) is 20.3 Å². The number of rotatable bonds is 4. The van der Waals surface area contributed by atoms with Crippen molar-refractivity contribution in [1.82, 2.24) is 10.2 Å². The van der Waals surface area contributed by atoms with Crippen LogP contribution < -0.4 is 5.32 Å². The van der Waals surface area contributed by atoms with Crippen LogP contribution in [0.2, 0.25) is 0 Å². The van der Waals surface area contributed by atoms with E-state index < -0.39 is 0 Å². The van der Waals surface area contributed by atoms with Crippen LogP contribution in [0.3, 0.4) is 0 Å². The maximum atomic E-state index is 9.29. The molecule has 1 fully saturated rings. The summed E-state index contributed by atoms with van der Waals surface area (Å²) < 4.78 is 0. The molecule has 2 atom stereocenters. The number of aliphatic hydroxyl groups excluding tert-OH is 1. The van der Waals surface area contributed by atoms with Gasteiger partial charge in [0.05, 0.1) is 6.61 Å². The largest absolute Gasteiger partial charge is 0.395 e. The Morgan fingerprint density at radius 3 is 2.86 bits per heavy atom. The number of nitrogens with one attached hydrogen (secondary N) is 1. The molecular weight excluding hydrogens is 176 g/mol. The fourth-order valence-corrected chi connectivity index (χ4v) is 2.05. The van der Waals surface area contributed by atoms with Gasteiger partial charge in [0, 0.05) is 19.1 Å². The van der Waals surface area contributed by atoms with E-state index in [1.54, 1.807) is 0 Å². The van der Waals surface area contributed by atoms with E-state index in [4.69, 9.17) is 0 Å². The SMILES string of the molecule is CCCCN1CC(C)CNCC1CO. The van der Waals surface area contributed by atoms with Crippen LogP contribution in [0.5, 0.6) is 0 Å². The first-order chi connectivity index (χ1) is 6.77. The Kier molecular flexibility index (Phi) is 5.45. The number of hydrogen-bond acceptors (Lipinski definition) is 3. The second kappa shape index (κ2) is 6.38. The van der Waals surface area contributed by atoms with Crippen LogP contribution in [-0.4, -0.2) is 48.8 Å². The Hall–Kier alpha value is -0.120. The minimum Gasteiger partial charge on any atom is -0.395 e. The highest BCUT2D eigenvalue weighted by molar-refractivity contribution is 4.79. The summed E-state index contributed by atoms with van der Waals surface area (Å²) in [5.41, 5.74) is 0. The molecule has 3 heteroatoms. The van der Waals surface area contributed by atoms with Gasteiger partial charge < -0.3 is 10.4 Å². The Balaban J connectivity index is 2.44. The summed E-state index contributed by atoms with van der Waals surface area (Å²) in [4.78, 5) is 2.44. The van der Waals surface area contributed by atoms with Crippen molar-refractivity contribution in [3.8, 4) is 0 Å². The second-order valence-corrected chi connectivity index (χ2v) is 4.45. The van der Waals surface area contributed by atoms with Crippen LogP contribution in [0.4, 0.5) is 0 Å². The summed E-state index contributed by atoms with van der Waals surface area (Å²) in [6.45, 7) is 9.04. The molecule has 1 saturated heterocycles. The molecule has 0 aliphatic carbocycles. The van der Waals surface area contributed by atoms with Gasteiger partial charge in [-0.2, -0.15) is 0 Å². The number of hydrogen-bond donors (Lipinski definition) is 2. The maximum Gasteiger partial charge on any atom is 0.0599 e. The molecule has 2 unspecified atom stereocenters. The van der Waals surface area contributed by atoms with Crippen molar-refractivity contribution in [2.24, 2.45) is 5.92 Å². The predicted octanol–water partition coefficient (Wildman–Crippen LogP) is 0.689. The lowest BCUT2D eigenvalue weighted by atomic mass is 10.1. The molecule has 0 aromatic carbocycles. The van der Waals surface area contributed by atoms with E-state index in [-0.39, 0.29) is 6.61 Å². The molecule has 1 rings (SSSR count). The van der Waals surface area contributed by atoms with Crippen LogP contribution in [0.25, 0.3) is 0 Å². The average molecular weight is 200 g/mol. The van der Waals surface area contributed by atoms with Crippen molar-refractivity contribution < 1.29 is 5.11 Å². The third-order valence-corrected chi connectivity index (χ3v) is 2.94. The van der Waals surface area contributed by atoms with Crippen molar-refractivity contribution in [1.29, 1.82) is 0 Å². The van der Waals surface area contributed by atoms with Crippen molar-refractivity contribution in [3.05, 3.63) is 0 Å². The Labute approximate surface area is 87.5 Å². The lowest BCUT2D eigenvalue weighted by Crippen LogP contribution is -2.43. The molecule has 0 radical (unpaired) electrons. The Morgan fingerprint density at radius 1 is 1.43 bits per heavy atom. The van der Waals surface area contributed by atoms with Gasteiger partial charge >= 0.3 is 0 Å². The summed E-state index contributed by atoms with van der Waals surface area (Å²) in [5.74, 6) is 0.698. The molecule has 1 aliphatic heterocycles. The van der Waals surface area contributed by atoms with E-state index >= 15 is 0 Å². The molecule has 1 heterocycles. The monoisotopic (exact) mass is 200 g/mol. The van der Waals surface area contributed by atoms with Crippen molar-refractivity contribution in [3.63, 3.8) is 0 Å². The first kappa shape index (κ1) is 12.0. The topological polar surface area (TPSA) is 35.5 Å². The minimum absolute atomic E-state index is 0.281. The molecule has 0 amide bonds. The minimum atomic E-state index is 0.281. The lowest BCUT2D eigenvalue weighted by molar-refractivity contribution is 0.123. The standard InChI is InChI=1S/C11H24N2O/c1-3-4-5-13-8-10(2)6-12-7-11(13)9-14/h10-12,14H,3-9H2,1-2H3. The van der Waals surface area contributed by atoms with Gasteiger partial charge in [-0.3, -0.25) is 4.90 Å². The molecule has 2 N–H and O–H groups in total. The van der Waals surface area contributed by atoms with Crippen LogP contribution >= 0.6 is 0 Å². The van der Waals surface area contributed by atoms with Crippen LogP contribution in [0.1, 0.15) is 26.7 Å². The summed E-state index contributed by atoms with van der Waals surface area (Å²) >= 11 is 0. The van der Waals surface area contributed by atoms with Crippen molar-refractivity contribution >= 4 is 0 Å². The highest BCUT2D eigenvalue weighted by atomic mass is 16.3. The van der Waals surface area contributed by atoms with Gasteiger partial charge in [-0.15, -0.1) is 0 Å². The smallest absolute Gasteiger partial charge is 0.0599 e.